The van der Waals surface area contributed by atoms with E-state index in [1.165, 1.54) is 16.4 Å². The van der Waals surface area contributed by atoms with E-state index < -0.39 is 10.0 Å². The molecule has 0 saturated carbocycles. The third-order valence-electron chi connectivity index (χ3n) is 2.60. The monoisotopic (exact) mass is 257 g/mol. The minimum atomic E-state index is -3.57. The average Bonchev–Trinajstić information content (AvgIpc) is 2.30. The van der Waals surface area contributed by atoms with E-state index in [4.69, 9.17) is 0 Å². The zero-order chi connectivity index (χ0) is 12.9. The van der Waals surface area contributed by atoms with Gasteiger partial charge in [-0.3, -0.25) is 0 Å². The van der Waals surface area contributed by atoms with E-state index in [1.54, 1.807) is 19.1 Å². The first-order chi connectivity index (χ1) is 8.04. The molecule has 0 heterocycles. The lowest BCUT2D eigenvalue weighted by Gasteiger charge is -2.20. The number of hydrogen-bond donors (Lipinski definition) is 1. The van der Waals surface area contributed by atoms with Gasteiger partial charge in [0.25, 0.3) is 0 Å². The van der Waals surface area contributed by atoms with E-state index in [2.05, 4.69) is 0 Å². The van der Waals surface area contributed by atoms with Crippen LogP contribution in [0.1, 0.15) is 26.7 Å². The lowest BCUT2D eigenvalue weighted by atomic mass is 10.3. The number of hydrogen-bond acceptors (Lipinski definition) is 3. The number of rotatable bonds is 6. The fourth-order valence-electron chi connectivity index (χ4n) is 1.60. The largest absolute Gasteiger partial charge is 0.507 e. The Labute approximate surface area is 103 Å². The van der Waals surface area contributed by atoms with Crippen molar-refractivity contribution in [3.05, 3.63) is 24.3 Å². The maximum absolute atomic E-state index is 12.3. The van der Waals surface area contributed by atoms with Crippen molar-refractivity contribution < 1.29 is 13.5 Å². The maximum atomic E-state index is 12.3. The topological polar surface area (TPSA) is 57.6 Å². The number of phenolic OH excluding ortho intramolecular Hbond substituents is 1. The molecule has 96 valence electrons. The van der Waals surface area contributed by atoms with Gasteiger partial charge in [0, 0.05) is 13.1 Å². The predicted molar refractivity (Wildman–Crippen MR) is 67.4 cm³/mol. The first kappa shape index (κ1) is 14.0. The Morgan fingerprint density at radius 3 is 2.41 bits per heavy atom. The molecule has 0 fully saturated rings. The molecular weight excluding hydrogens is 238 g/mol. The minimum absolute atomic E-state index is 0.0158. The Hall–Kier alpha value is -1.07. The van der Waals surface area contributed by atoms with Crippen molar-refractivity contribution in [2.24, 2.45) is 0 Å². The molecule has 0 spiro atoms. The minimum Gasteiger partial charge on any atom is -0.507 e. The summed E-state index contributed by atoms with van der Waals surface area (Å²) in [5.74, 6) is -0.192. The van der Waals surface area contributed by atoms with Crippen LogP contribution in [0.15, 0.2) is 29.2 Å². The second kappa shape index (κ2) is 6.02. The van der Waals surface area contributed by atoms with Gasteiger partial charge in [0.05, 0.1) is 0 Å². The van der Waals surface area contributed by atoms with Crippen molar-refractivity contribution in [2.75, 3.05) is 13.1 Å². The van der Waals surface area contributed by atoms with Gasteiger partial charge in [-0.05, 0) is 18.6 Å². The summed E-state index contributed by atoms with van der Waals surface area (Å²) in [5, 5.41) is 9.61. The van der Waals surface area contributed by atoms with Crippen LogP contribution in [0.3, 0.4) is 0 Å². The number of benzene rings is 1. The first-order valence-electron chi connectivity index (χ1n) is 5.82. The molecule has 0 radical (unpaired) electrons. The number of nitrogens with zero attached hydrogens (tertiary/aromatic N) is 1. The van der Waals surface area contributed by atoms with Gasteiger partial charge in [-0.15, -0.1) is 0 Å². The molecule has 0 aliphatic carbocycles. The molecule has 17 heavy (non-hydrogen) atoms. The molecule has 0 unspecified atom stereocenters. The first-order valence-corrected chi connectivity index (χ1v) is 7.26. The number of para-hydroxylation sites is 1. The fourth-order valence-corrected chi connectivity index (χ4v) is 3.17. The van der Waals surface area contributed by atoms with Gasteiger partial charge in [-0.25, -0.2) is 8.42 Å². The number of unbranched alkanes of at least 4 members (excludes halogenated alkanes) is 1. The highest BCUT2D eigenvalue weighted by atomic mass is 32.2. The molecule has 1 rings (SSSR count). The van der Waals surface area contributed by atoms with Crippen molar-refractivity contribution in [1.82, 2.24) is 4.31 Å². The van der Waals surface area contributed by atoms with Crippen LogP contribution in [0, 0.1) is 0 Å². The van der Waals surface area contributed by atoms with E-state index in [1.807, 2.05) is 6.92 Å². The number of phenols is 1. The van der Waals surface area contributed by atoms with E-state index in [0.29, 0.717) is 13.1 Å². The smallest absolute Gasteiger partial charge is 0.246 e. The zero-order valence-electron chi connectivity index (χ0n) is 10.3. The van der Waals surface area contributed by atoms with E-state index in [9.17, 15) is 13.5 Å². The molecule has 1 aromatic rings. The van der Waals surface area contributed by atoms with Crippen molar-refractivity contribution in [1.29, 1.82) is 0 Å². The van der Waals surface area contributed by atoms with Crippen molar-refractivity contribution in [3.63, 3.8) is 0 Å². The normalized spacial score (nSPS) is 11.9. The average molecular weight is 257 g/mol. The second-order valence-electron chi connectivity index (χ2n) is 3.82. The van der Waals surface area contributed by atoms with Crippen LogP contribution in [-0.4, -0.2) is 30.9 Å². The van der Waals surface area contributed by atoms with Crippen LogP contribution in [0.4, 0.5) is 0 Å². The van der Waals surface area contributed by atoms with Crippen LogP contribution in [0.5, 0.6) is 5.75 Å². The van der Waals surface area contributed by atoms with Gasteiger partial charge < -0.3 is 5.11 Å². The van der Waals surface area contributed by atoms with Crippen molar-refractivity contribution >= 4 is 10.0 Å². The van der Waals surface area contributed by atoms with E-state index in [-0.39, 0.29) is 10.6 Å². The SMILES string of the molecule is CCCCN(CC)S(=O)(=O)c1ccccc1O. The van der Waals surface area contributed by atoms with Gasteiger partial charge in [-0.1, -0.05) is 32.4 Å². The predicted octanol–water partition coefficient (Wildman–Crippen LogP) is 2.20. The maximum Gasteiger partial charge on any atom is 0.246 e. The molecule has 0 aliphatic rings. The Bertz CT molecular complexity index is 457. The summed E-state index contributed by atoms with van der Waals surface area (Å²) in [7, 11) is -3.57. The number of sulfonamides is 1. The van der Waals surface area contributed by atoms with Crippen molar-refractivity contribution in [3.8, 4) is 5.75 Å². The van der Waals surface area contributed by atoms with Crippen LogP contribution in [-0.2, 0) is 10.0 Å². The van der Waals surface area contributed by atoms with E-state index in [0.717, 1.165) is 12.8 Å². The van der Waals surface area contributed by atoms with Gasteiger partial charge >= 0.3 is 0 Å². The summed E-state index contributed by atoms with van der Waals surface area (Å²) in [6.07, 6.45) is 1.76. The third kappa shape index (κ3) is 3.20. The summed E-state index contributed by atoms with van der Waals surface area (Å²) >= 11 is 0. The molecule has 0 amide bonds. The summed E-state index contributed by atoms with van der Waals surface area (Å²) in [6, 6.07) is 6.04. The van der Waals surface area contributed by atoms with Crippen LogP contribution in [0.2, 0.25) is 0 Å². The van der Waals surface area contributed by atoms with E-state index >= 15 is 0 Å². The quantitative estimate of drug-likeness (QED) is 0.850. The summed E-state index contributed by atoms with van der Waals surface area (Å²) in [6.45, 7) is 4.72. The Morgan fingerprint density at radius 2 is 1.88 bits per heavy atom. The summed E-state index contributed by atoms with van der Waals surface area (Å²) < 4.78 is 25.9. The molecular formula is C12H19NO3S. The Balaban J connectivity index is 3.05. The number of aromatic hydroxyl groups is 1. The van der Waals surface area contributed by atoms with Crippen molar-refractivity contribution in [2.45, 2.75) is 31.6 Å². The Kier molecular flexibility index (Phi) is 4.96. The highest BCUT2D eigenvalue weighted by molar-refractivity contribution is 7.89. The molecule has 0 saturated heterocycles. The molecule has 1 aromatic carbocycles. The highest BCUT2D eigenvalue weighted by Crippen LogP contribution is 2.25. The van der Waals surface area contributed by atoms with Gasteiger partial charge in [-0.2, -0.15) is 4.31 Å². The van der Waals surface area contributed by atoms with Crippen LogP contribution in [0.25, 0.3) is 0 Å². The van der Waals surface area contributed by atoms with Crippen LogP contribution >= 0.6 is 0 Å². The second-order valence-corrected chi connectivity index (χ2v) is 5.72. The highest BCUT2D eigenvalue weighted by Gasteiger charge is 2.24. The molecule has 1 N–H and O–H groups in total. The van der Waals surface area contributed by atoms with Gasteiger partial charge in [0.2, 0.25) is 10.0 Å². The molecule has 0 atom stereocenters. The molecule has 0 aliphatic heterocycles. The zero-order valence-corrected chi connectivity index (χ0v) is 11.1. The molecule has 0 bridgehead atoms. The lowest BCUT2D eigenvalue weighted by Crippen LogP contribution is -2.31. The Morgan fingerprint density at radius 1 is 1.24 bits per heavy atom. The molecule has 5 heteroatoms. The molecule has 4 nitrogen and oxygen atoms in total. The molecule has 0 aromatic heterocycles. The summed E-state index contributed by atoms with van der Waals surface area (Å²) in [5.41, 5.74) is 0. The standard InChI is InChI=1S/C12H19NO3S/c1-3-5-10-13(4-2)17(15,16)12-9-7-6-8-11(12)14/h6-9,14H,3-5,10H2,1-2H3. The van der Waals surface area contributed by atoms with Crippen LogP contribution < -0.4 is 0 Å². The fraction of sp³-hybridized carbons (Fsp3) is 0.500. The summed E-state index contributed by atoms with van der Waals surface area (Å²) in [4.78, 5) is -0.0158. The van der Waals surface area contributed by atoms with Gasteiger partial charge in [0.1, 0.15) is 10.6 Å². The third-order valence-corrected chi connectivity index (χ3v) is 4.62. The van der Waals surface area contributed by atoms with Gasteiger partial charge in [0.15, 0.2) is 0 Å². The lowest BCUT2D eigenvalue weighted by molar-refractivity contribution is 0.410.